The number of allylic oxidation sites excluding steroid dienone is 1. The topological polar surface area (TPSA) is 15.3 Å². The highest BCUT2D eigenvalue weighted by Crippen LogP contribution is 2.25. The van der Waals surface area contributed by atoms with Crippen LogP contribution < -0.4 is 5.32 Å². The minimum absolute atomic E-state index is 0.393. The molecule has 0 amide bonds. The van der Waals surface area contributed by atoms with E-state index in [1.807, 2.05) is 0 Å². The Kier molecular flexibility index (Phi) is 4.81. The molecule has 1 heterocycles. The molecule has 0 bridgehead atoms. The zero-order valence-electron chi connectivity index (χ0n) is 10.8. The Hall–Kier alpha value is -0.340. The fraction of sp³-hybridized carbons (Fsp3) is 0.846. The highest BCUT2D eigenvalue weighted by atomic mass is 15.3. The molecule has 1 aliphatic heterocycles. The maximum atomic E-state index is 3.53. The molecule has 0 saturated carbocycles. The van der Waals surface area contributed by atoms with Crippen LogP contribution in [-0.4, -0.2) is 36.6 Å². The van der Waals surface area contributed by atoms with Crippen molar-refractivity contribution in [2.45, 2.75) is 46.1 Å². The summed E-state index contributed by atoms with van der Waals surface area (Å²) in [6.45, 7) is 13.6. The Balaban J connectivity index is 2.68. The van der Waals surface area contributed by atoms with Crippen molar-refractivity contribution >= 4 is 0 Å². The van der Waals surface area contributed by atoms with Gasteiger partial charge in [0.25, 0.3) is 0 Å². The summed E-state index contributed by atoms with van der Waals surface area (Å²) in [5.74, 6) is 0. The Morgan fingerprint density at radius 2 is 2.00 bits per heavy atom. The molecule has 1 saturated heterocycles. The lowest BCUT2D eigenvalue weighted by atomic mass is 9.88. The van der Waals surface area contributed by atoms with Gasteiger partial charge in [-0.2, -0.15) is 0 Å². The van der Waals surface area contributed by atoms with Crippen LogP contribution in [0.5, 0.6) is 0 Å². The van der Waals surface area contributed by atoms with E-state index in [0.29, 0.717) is 5.54 Å². The average Bonchev–Trinajstić information content (AvgIpc) is 2.26. The predicted octanol–water partition coefficient (Wildman–Crippen LogP) is 2.42. The Labute approximate surface area is 94.7 Å². The zero-order valence-corrected chi connectivity index (χ0v) is 10.8. The third-order valence-corrected chi connectivity index (χ3v) is 3.72. The first-order valence-electron chi connectivity index (χ1n) is 6.23. The number of piperazine rings is 1. The van der Waals surface area contributed by atoms with Crippen molar-refractivity contribution in [2.24, 2.45) is 0 Å². The molecule has 0 aromatic rings. The molecular weight excluding hydrogens is 184 g/mol. The molecule has 1 aliphatic rings. The third kappa shape index (κ3) is 3.05. The quantitative estimate of drug-likeness (QED) is 0.717. The normalized spacial score (nSPS) is 21.3. The van der Waals surface area contributed by atoms with Gasteiger partial charge in [-0.1, -0.05) is 25.5 Å². The Bertz CT molecular complexity index is 213. The monoisotopic (exact) mass is 210 g/mol. The fourth-order valence-electron chi connectivity index (χ4n) is 2.41. The van der Waals surface area contributed by atoms with Crippen LogP contribution in [-0.2, 0) is 0 Å². The molecule has 88 valence electrons. The van der Waals surface area contributed by atoms with Crippen LogP contribution in [0.25, 0.3) is 0 Å². The van der Waals surface area contributed by atoms with Crippen LogP contribution in [0.4, 0.5) is 0 Å². The van der Waals surface area contributed by atoms with Gasteiger partial charge < -0.3 is 5.32 Å². The van der Waals surface area contributed by atoms with Crippen molar-refractivity contribution in [3.63, 3.8) is 0 Å². The lowest BCUT2D eigenvalue weighted by molar-refractivity contribution is 0.0638. The minimum Gasteiger partial charge on any atom is -0.314 e. The van der Waals surface area contributed by atoms with E-state index in [4.69, 9.17) is 0 Å². The molecule has 1 rings (SSSR count). The lowest BCUT2D eigenvalue weighted by Gasteiger charge is -2.46. The first kappa shape index (κ1) is 12.7. The molecular formula is C13H26N2. The second-order valence-corrected chi connectivity index (χ2v) is 4.84. The molecule has 0 aromatic carbocycles. The largest absolute Gasteiger partial charge is 0.314 e. The summed E-state index contributed by atoms with van der Waals surface area (Å²) < 4.78 is 0. The van der Waals surface area contributed by atoms with Crippen molar-refractivity contribution < 1.29 is 0 Å². The molecule has 15 heavy (non-hydrogen) atoms. The summed E-state index contributed by atoms with van der Waals surface area (Å²) in [6.07, 6.45) is 4.84. The van der Waals surface area contributed by atoms with E-state index >= 15 is 0 Å². The van der Waals surface area contributed by atoms with Gasteiger partial charge in [0.05, 0.1) is 0 Å². The summed E-state index contributed by atoms with van der Waals surface area (Å²) in [6, 6.07) is 0. The first-order chi connectivity index (χ1) is 7.14. The van der Waals surface area contributed by atoms with Crippen LogP contribution in [0, 0.1) is 0 Å². The van der Waals surface area contributed by atoms with Crippen molar-refractivity contribution in [1.82, 2.24) is 10.2 Å². The van der Waals surface area contributed by atoms with E-state index in [1.165, 1.54) is 25.0 Å². The second kappa shape index (κ2) is 5.66. The van der Waals surface area contributed by atoms with E-state index in [9.17, 15) is 0 Å². The molecule has 0 unspecified atom stereocenters. The Morgan fingerprint density at radius 3 is 2.53 bits per heavy atom. The number of hydrogen-bond donors (Lipinski definition) is 1. The van der Waals surface area contributed by atoms with Crippen LogP contribution in [0.15, 0.2) is 11.6 Å². The predicted molar refractivity (Wildman–Crippen MR) is 67.2 cm³/mol. The summed E-state index contributed by atoms with van der Waals surface area (Å²) in [4.78, 5) is 2.65. The first-order valence-corrected chi connectivity index (χ1v) is 6.23. The third-order valence-electron chi connectivity index (χ3n) is 3.72. The van der Waals surface area contributed by atoms with Crippen LogP contribution in [0.1, 0.15) is 40.5 Å². The SMILES string of the molecule is CCC1(CC)CNCCN1CC=C(C)C. The number of nitrogens with zero attached hydrogens (tertiary/aromatic N) is 1. The van der Waals surface area contributed by atoms with Gasteiger partial charge in [0, 0.05) is 31.7 Å². The molecule has 0 aliphatic carbocycles. The van der Waals surface area contributed by atoms with Gasteiger partial charge in [0.15, 0.2) is 0 Å². The van der Waals surface area contributed by atoms with Gasteiger partial charge in [0.2, 0.25) is 0 Å². The van der Waals surface area contributed by atoms with E-state index in [1.54, 1.807) is 0 Å². The van der Waals surface area contributed by atoms with Gasteiger partial charge in [-0.05, 0) is 26.7 Å². The standard InChI is InChI=1S/C13H26N2/c1-5-13(6-2)11-14-8-10-15(13)9-7-12(3)4/h7,14H,5-6,8-11H2,1-4H3. The van der Waals surface area contributed by atoms with E-state index in [-0.39, 0.29) is 0 Å². The smallest absolute Gasteiger partial charge is 0.0332 e. The summed E-state index contributed by atoms with van der Waals surface area (Å²) in [5, 5.41) is 3.53. The number of nitrogens with one attached hydrogen (secondary N) is 1. The summed E-state index contributed by atoms with van der Waals surface area (Å²) in [5.41, 5.74) is 1.82. The summed E-state index contributed by atoms with van der Waals surface area (Å²) in [7, 11) is 0. The van der Waals surface area contributed by atoms with E-state index < -0.39 is 0 Å². The van der Waals surface area contributed by atoms with Crippen molar-refractivity contribution in [2.75, 3.05) is 26.2 Å². The number of rotatable bonds is 4. The van der Waals surface area contributed by atoms with Gasteiger partial charge in [-0.25, -0.2) is 0 Å². The van der Waals surface area contributed by atoms with Gasteiger partial charge in [-0.3, -0.25) is 4.90 Å². The van der Waals surface area contributed by atoms with Crippen LogP contribution >= 0.6 is 0 Å². The fourth-order valence-corrected chi connectivity index (χ4v) is 2.41. The molecule has 2 heteroatoms. The maximum Gasteiger partial charge on any atom is 0.0332 e. The maximum absolute atomic E-state index is 3.53. The lowest BCUT2D eigenvalue weighted by Crippen LogP contribution is -2.60. The van der Waals surface area contributed by atoms with Crippen molar-refractivity contribution in [3.05, 3.63) is 11.6 Å². The van der Waals surface area contributed by atoms with Gasteiger partial charge >= 0.3 is 0 Å². The molecule has 0 radical (unpaired) electrons. The molecule has 1 N–H and O–H groups in total. The van der Waals surface area contributed by atoms with E-state index in [0.717, 1.165) is 19.6 Å². The minimum atomic E-state index is 0.393. The molecule has 0 aromatic heterocycles. The Morgan fingerprint density at radius 1 is 1.33 bits per heavy atom. The van der Waals surface area contributed by atoms with Gasteiger partial charge in [0.1, 0.15) is 0 Å². The van der Waals surface area contributed by atoms with Crippen molar-refractivity contribution in [3.8, 4) is 0 Å². The second-order valence-electron chi connectivity index (χ2n) is 4.84. The molecule has 0 spiro atoms. The van der Waals surface area contributed by atoms with E-state index in [2.05, 4.69) is 44.0 Å². The van der Waals surface area contributed by atoms with Crippen LogP contribution in [0.2, 0.25) is 0 Å². The highest BCUT2D eigenvalue weighted by Gasteiger charge is 2.34. The summed E-state index contributed by atoms with van der Waals surface area (Å²) >= 11 is 0. The van der Waals surface area contributed by atoms with Crippen molar-refractivity contribution in [1.29, 1.82) is 0 Å². The molecule has 1 fully saturated rings. The van der Waals surface area contributed by atoms with Gasteiger partial charge in [-0.15, -0.1) is 0 Å². The number of hydrogen-bond acceptors (Lipinski definition) is 2. The zero-order chi connectivity index (χ0) is 11.3. The average molecular weight is 210 g/mol. The molecule has 2 nitrogen and oxygen atoms in total. The molecule has 0 atom stereocenters. The highest BCUT2D eigenvalue weighted by molar-refractivity contribution is 5.01. The van der Waals surface area contributed by atoms with Crippen LogP contribution in [0.3, 0.4) is 0 Å².